The van der Waals surface area contributed by atoms with Crippen LogP contribution >= 0.6 is 27.3 Å². The number of carbonyl (C=O) groups is 1. The fourth-order valence-electron chi connectivity index (χ4n) is 2.65. The largest absolute Gasteiger partial charge is 0.332 e. The van der Waals surface area contributed by atoms with E-state index in [2.05, 4.69) is 34.3 Å². The summed E-state index contributed by atoms with van der Waals surface area (Å²) in [5.41, 5.74) is 2.34. The maximum Gasteiger partial charge on any atom is 0.247 e. The van der Waals surface area contributed by atoms with Gasteiger partial charge in [-0.25, -0.2) is 0 Å². The van der Waals surface area contributed by atoms with E-state index in [1.54, 1.807) is 17.4 Å². The molecule has 0 saturated heterocycles. The summed E-state index contributed by atoms with van der Waals surface area (Å²) in [7, 11) is 0. The zero-order chi connectivity index (χ0) is 14.8. The van der Waals surface area contributed by atoms with E-state index in [1.807, 2.05) is 35.2 Å². The molecule has 3 rings (SSSR count). The molecule has 1 aliphatic heterocycles. The van der Waals surface area contributed by atoms with Crippen LogP contribution in [0.1, 0.15) is 29.0 Å². The first-order valence-electron chi connectivity index (χ1n) is 6.95. The zero-order valence-corrected chi connectivity index (χ0v) is 14.2. The van der Waals surface area contributed by atoms with Crippen molar-refractivity contribution in [3.63, 3.8) is 0 Å². The number of nitrogens with zero attached hydrogens (tertiary/aromatic N) is 1. The fourth-order valence-corrected chi connectivity index (χ4v) is 3.87. The van der Waals surface area contributed by atoms with Gasteiger partial charge in [-0.2, -0.15) is 0 Å². The van der Waals surface area contributed by atoms with Gasteiger partial charge >= 0.3 is 0 Å². The molecule has 21 heavy (non-hydrogen) atoms. The lowest BCUT2D eigenvalue weighted by atomic mass is 10.0. The lowest BCUT2D eigenvalue weighted by Crippen LogP contribution is -2.37. The number of hydrogen-bond acceptors (Lipinski definition) is 2. The first-order valence-corrected chi connectivity index (χ1v) is 8.63. The third kappa shape index (κ3) is 3.11. The van der Waals surface area contributed by atoms with E-state index < -0.39 is 0 Å². The lowest BCUT2D eigenvalue weighted by molar-refractivity contribution is -0.128. The van der Waals surface area contributed by atoms with Gasteiger partial charge in [-0.05, 0) is 54.1 Å². The van der Waals surface area contributed by atoms with Gasteiger partial charge in [0.15, 0.2) is 0 Å². The van der Waals surface area contributed by atoms with E-state index in [0.29, 0.717) is 0 Å². The summed E-state index contributed by atoms with van der Waals surface area (Å²) in [5, 5.41) is 2.12. The van der Waals surface area contributed by atoms with E-state index in [1.165, 1.54) is 10.4 Å². The van der Waals surface area contributed by atoms with Crippen LogP contribution in [0.5, 0.6) is 0 Å². The summed E-state index contributed by atoms with van der Waals surface area (Å²) >= 11 is 5.20. The van der Waals surface area contributed by atoms with Crippen LogP contribution in [-0.2, 0) is 11.2 Å². The number of carbonyl (C=O) groups excluding carboxylic acids is 1. The van der Waals surface area contributed by atoms with Crippen molar-refractivity contribution in [3.05, 3.63) is 62.3 Å². The maximum absolute atomic E-state index is 12.4. The van der Waals surface area contributed by atoms with Gasteiger partial charge in [0, 0.05) is 22.0 Å². The molecule has 1 aliphatic rings. The lowest BCUT2D eigenvalue weighted by Gasteiger charge is -2.32. The minimum atomic E-state index is 0.0854. The molecule has 2 heterocycles. The van der Waals surface area contributed by atoms with E-state index in [9.17, 15) is 4.79 Å². The average molecular weight is 362 g/mol. The summed E-state index contributed by atoms with van der Waals surface area (Å²) < 4.78 is 1.04. The first-order chi connectivity index (χ1) is 10.1. The van der Waals surface area contributed by atoms with Crippen molar-refractivity contribution < 1.29 is 4.79 Å². The van der Waals surface area contributed by atoms with Crippen molar-refractivity contribution in [3.8, 4) is 0 Å². The third-order valence-corrected chi connectivity index (χ3v) is 5.37. The Hall–Kier alpha value is -1.39. The zero-order valence-electron chi connectivity index (χ0n) is 11.8. The quantitative estimate of drug-likeness (QED) is 0.711. The van der Waals surface area contributed by atoms with Crippen molar-refractivity contribution in [2.24, 2.45) is 0 Å². The average Bonchev–Trinajstić information content (AvgIpc) is 2.96. The molecule has 1 aromatic heterocycles. The highest BCUT2D eigenvalue weighted by atomic mass is 79.9. The van der Waals surface area contributed by atoms with Crippen molar-refractivity contribution in [1.82, 2.24) is 4.90 Å². The van der Waals surface area contributed by atoms with Gasteiger partial charge in [0.05, 0.1) is 6.04 Å². The third-order valence-electron chi connectivity index (χ3n) is 3.85. The molecule has 1 atom stereocenters. The molecular formula is C17H16BrNOS. The molecular weight excluding hydrogens is 346 g/mol. The van der Waals surface area contributed by atoms with Gasteiger partial charge in [0.1, 0.15) is 0 Å². The molecule has 0 bridgehead atoms. The molecule has 2 aromatic rings. The number of fused-ring (bicyclic) bond motifs is 1. The Kier molecular flexibility index (Phi) is 4.27. The summed E-state index contributed by atoms with van der Waals surface area (Å²) in [4.78, 5) is 15.8. The second-order valence-electron chi connectivity index (χ2n) is 5.14. The summed E-state index contributed by atoms with van der Waals surface area (Å²) in [6.45, 7) is 2.91. The van der Waals surface area contributed by atoms with Gasteiger partial charge in [0.25, 0.3) is 0 Å². The smallest absolute Gasteiger partial charge is 0.247 e. The number of halogens is 1. The van der Waals surface area contributed by atoms with Crippen LogP contribution in [0.15, 0.2) is 46.3 Å². The Morgan fingerprint density at radius 2 is 2.10 bits per heavy atom. The minimum absolute atomic E-state index is 0.0854. The number of amides is 1. The molecule has 0 N–H and O–H groups in total. The number of benzene rings is 1. The van der Waals surface area contributed by atoms with Crippen LogP contribution in [-0.4, -0.2) is 17.4 Å². The highest BCUT2D eigenvalue weighted by Gasteiger charge is 2.26. The Morgan fingerprint density at radius 3 is 2.86 bits per heavy atom. The number of hydrogen-bond donors (Lipinski definition) is 0. The van der Waals surface area contributed by atoms with Gasteiger partial charge in [-0.3, -0.25) is 4.79 Å². The van der Waals surface area contributed by atoms with E-state index in [4.69, 9.17) is 0 Å². The Bertz CT molecular complexity index is 674. The molecule has 1 aromatic carbocycles. The van der Waals surface area contributed by atoms with Crippen LogP contribution in [0.2, 0.25) is 0 Å². The second-order valence-corrected chi connectivity index (χ2v) is 7.06. The fraction of sp³-hybridized carbons (Fsp3) is 0.235. The molecule has 0 saturated carbocycles. The predicted octanol–water partition coefficient (Wildman–Crippen LogP) is 4.67. The van der Waals surface area contributed by atoms with Crippen LogP contribution in [0.4, 0.5) is 0 Å². The second kappa shape index (κ2) is 6.16. The van der Waals surface area contributed by atoms with Crippen LogP contribution in [0.25, 0.3) is 6.08 Å². The monoisotopic (exact) mass is 361 g/mol. The molecule has 0 radical (unpaired) electrons. The van der Waals surface area contributed by atoms with E-state index >= 15 is 0 Å². The van der Waals surface area contributed by atoms with Crippen LogP contribution in [0, 0.1) is 0 Å². The van der Waals surface area contributed by atoms with Gasteiger partial charge in [0.2, 0.25) is 5.91 Å². The minimum Gasteiger partial charge on any atom is -0.332 e. The van der Waals surface area contributed by atoms with E-state index in [-0.39, 0.29) is 11.9 Å². The Morgan fingerprint density at radius 1 is 1.33 bits per heavy atom. The number of rotatable bonds is 2. The molecule has 0 unspecified atom stereocenters. The van der Waals surface area contributed by atoms with E-state index in [0.717, 1.165) is 23.0 Å². The molecule has 0 fully saturated rings. The van der Waals surface area contributed by atoms with Crippen molar-refractivity contribution >= 4 is 39.2 Å². The van der Waals surface area contributed by atoms with Crippen LogP contribution in [0.3, 0.4) is 0 Å². The SMILES string of the molecule is C[C@H]1c2ccsc2CCN1C(=O)/C=C/c1ccc(Br)cc1. The summed E-state index contributed by atoms with van der Waals surface area (Å²) in [5.74, 6) is 0.0854. The Labute approximate surface area is 137 Å². The van der Waals surface area contributed by atoms with Gasteiger partial charge in [-0.15, -0.1) is 11.3 Å². The predicted molar refractivity (Wildman–Crippen MR) is 91.3 cm³/mol. The molecule has 108 valence electrons. The molecule has 4 heteroatoms. The molecule has 0 spiro atoms. The van der Waals surface area contributed by atoms with Gasteiger partial charge in [-0.1, -0.05) is 28.1 Å². The number of thiophene rings is 1. The van der Waals surface area contributed by atoms with Crippen LogP contribution < -0.4 is 0 Å². The normalized spacial score (nSPS) is 18.0. The standard InChI is InChI=1S/C17H16BrNOS/c1-12-15-9-11-21-16(15)8-10-19(12)17(20)7-4-13-2-5-14(18)6-3-13/h2-7,9,11-12H,8,10H2,1H3/b7-4+/t12-/m0/s1. The molecule has 0 aliphatic carbocycles. The highest BCUT2D eigenvalue weighted by Crippen LogP contribution is 2.32. The molecule has 2 nitrogen and oxygen atoms in total. The highest BCUT2D eigenvalue weighted by molar-refractivity contribution is 9.10. The first kappa shape index (κ1) is 14.5. The topological polar surface area (TPSA) is 20.3 Å². The summed E-state index contributed by atoms with van der Waals surface area (Å²) in [6, 6.07) is 10.2. The van der Waals surface area contributed by atoms with Gasteiger partial charge < -0.3 is 4.90 Å². The summed E-state index contributed by atoms with van der Waals surface area (Å²) in [6.07, 6.45) is 4.52. The maximum atomic E-state index is 12.4. The van der Waals surface area contributed by atoms with Crippen molar-refractivity contribution in [1.29, 1.82) is 0 Å². The van der Waals surface area contributed by atoms with Crippen molar-refractivity contribution in [2.75, 3.05) is 6.54 Å². The van der Waals surface area contributed by atoms with Crippen molar-refractivity contribution in [2.45, 2.75) is 19.4 Å². The Balaban J connectivity index is 1.73. The molecule has 1 amide bonds.